The van der Waals surface area contributed by atoms with E-state index in [1.807, 2.05) is 26.2 Å². The zero-order valence-electron chi connectivity index (χ0n) is 11.9. The van der Waals surface area contributed by atoms with Gasteiger partial charge < -0.3 is 9.64 Å². The Balaban J connectivity index is 2.49. The third-order valence-corrected chi connectivity index (χ3v) is 2.50. The van der Waals surface area contributed by atoms with E-state index in [-0.39, 0.29) is 12.0 Å². The Morgan fingerprint density at radius 1 is 1.33 bits per heavy atom. The molecule has 1 aromatic rings. The zero-order valence-corrected chi connectivity index (χ0v) is 11.9. The molecule has 0 amide bonds. The summed E-state index contributed by atoms with van der Waals surface area (Å²) in [6, 6.07) is 3.77. The van der Waals surface area contributed by atoms with Gasteiger partial charge in [0.05, 0.1) is 6.20 Å². The fraction of sp³-hybridized carbons (Fsp3) is 0.643. The van der Waals surface area contributed by atoms with Gasteiger partial charge in [0.2, 0.25) is 0 Å². The first-order chi connectivity index (χ1) is 8.29. The number of aromatic nitrogens is 1. The van der Waals surface area contributed by atoms with Crippen molar-refractivity contribution >= 4 is 0 Å². The molecule has 0 fully saturated rings. The van der Waals surface area contributed by atoms with Crippen molar-refractivity contribution in [3.8, 4) is 5.75 Å². The monoisotopic (exact) mass is 254 g/mol. The van der Waals surface area contributed by atoms with Gasteiger partial charge in [-0.25, -0.2) is 4.39 Å². The summed E-state index contributed by atoms with van der Waals surface area (Å²) in [6.07, 6.45) is 0.672. The minimum atomic E-state index is -0.984. The van der Waals surface area contributed by atoms with Crippen LogP contribution in [0.5, 0.6) is 5.75 Å². The molecule has 4 heteroatoms. The molecule has 0 saturated carbocycles. The molecule has 0 N–H and O–H groups in total. The molecule has 1 unspecified atom stereocenters. The van der Waals surface area contributed by atoms with Gasteiger partial charge in [-0.05, 0) is 26.2 Å². The van der Waals surface area contributed by atoms with E-state index in [0.29, 0.717) is 12.3 Å². The number of rotatable bonds is 5. The summed E-state index contributed by atoms with van der Waals surface area (Å²) in [4.78, 5) is 6.13. The van der Waals surface area contributed by atoms with Crippen molar-refractivity contribution in [3.05, 3.63) is 24.0 Å². The lowest BCUT2D eigenvalue weighted by atomic mass is 9.92. The molecule has 18 heavy (non-hydrogen) atoms. The van der Waals surface area contributed by atoms with Crippen molar-refractivity contribution in [3.63, 3.8) is 0 Å². The lowest BCUT2D eigenvalue weighted by Crippen LogP contribution is -2.27. The third-order valence-electron chi connectivity index (χ3n) is 2.50. The van der Waals surface area contributed by atoms with E-state index in [1.54, 1.807) is 11.1 Å². The number of alkyl halides is 1. The van der Waals surface area contributed by atoms with Crippen molar-refractivity contribution in [2.45, 2.75) is 32.4 Å². The van der Waals surface area contributed by atoms with Crippen LogP contribution in [0, 0.1) is 0 Å². The summed E-state index contributed by atoms with van der Waals surface area (Å²) >= 11 is 0. The van der Waals surface area contributed by atoms with Gasteiger partial charge in [0.15, 0.2) is 0 Å². The number of halogens is 1. The number of hydrogen-bond acceptors (Lipinski definition) is 3. The minimum Gasteiger partial charge on any atom is -0.489 e. The molecule has 1 atom stereocenters. The average Bonchev–Trinajstić information content (AvgIpc) is 2.25. The highest BCUT2D eigenvalue weighted by atomic mass is 19.1. The van der Waals surface area contributed by atoms with Gasteiger partial charge in [-0.15, -0.1) is 0 Å². The average molecular weight is 254 g/mol. The molecule has 1 heterocycles. The molecule has 1 rings (SSSR count). The first kappa shape index (κ1) is 14.9. The van der Waals surface area contributed by atoms with Crippen LogP contribution < -0.4 is 4.74 Å². The molecule has 0 spiro atoms. The topological polar surface area (TPSA) is 25.4 Å². The number of ether oxygens (including phenoxy) is 1. The minimum absolute atomic E-state index is 0.0199. The molecule has 0 aromatic carbocycles. The first-order valence-corrected chi connectivity index (χ1v) is 6.17. The predicted octanol–water partition coefficient (Wildman–Crippen LogP) is 2.66. The van der Waals surface area contributed by atoms with Crippen LogP contribution in [0.2, 0.25) is 0 Å². The van der Waals surface area contributed by atoms with E-state index in [0.717, 1.165) is 5.69 Å². The van der Waals surface area contributed by atoms with E-state index in [4.69, 9.17) is 4.74 Å². The molecule has 0 saturated heterocycles. The summed E-state index contributed by atoms with van der Waals surface area (Å²) in [5, 5.41) is 0. The maximum Gasteiger partial charge on any atom is 0.147 e. The predicted molar refractivity (Wildman–Crippen MR) is 71.9 cm³/mol. The molecule has 0 bridgehead atoms. The number of hydrogen-bond donors (Lipinski definition) is 0. The zero-order chi connectivity index (χ0) is 13.8. The van der Waals surface area contributed by atoms with E-state index in [2.05, 4.69) is 25.8 Å². The van der Waals surface area contributed by atoms with Crippen LogP contribution >= 0.6 is 0 Å². The maximum atomic E-state index is 13.4. The first-order valence-electron chi connectivity index (χ1n) is 6.17. The molecule has 1 aromatic heterocycles. The van der Waals surface area contributed by atoms with Gasteiger partial charge in [0, 0.05) is 17.7 Å². The Morgan fingerprint density at radius 2 is 2.00 bits per heavy atom. The lowest BCUT2D eigenvalue weighted by Gasteiger charge is -2.18. The molecule has 0 radical (unpaired) electrons. The van der Waals surface area contributed by atoms with Gasteiger partial charge >= 0.3 is 0 Å². The SMILES string of the molecule is CN(C)CC(F)COc1ccc(C(C)(C)C)nc1. The summed E-state index contributed by atoms with van der Waals surface area (Å²) in [6.45, 7) is 6.74. The standard InChI is InChI=1S/C14H23FN2O/c1-14(2,3)13-7-6-12(8-16-13)18-10-11(15)9-17(4)5/h6-8,11H,9-10H2,1-5H3. The molecule has 0 aliphatic heterocycles. The normalized spacial score (nSPS) is 13.7. The smallest absolute Gasteiger partial charge is 0.147 e. The largest absolute Gasteiger partial charge is 0.489 e. The van der Waals surface area contributed by atoms with Crippen molar-refractivity contribution in [2.24, 2.45) is 0 Å². The van der Waals surface area contributed by atoms with E-state index in [9.17, 15) is 4.39 Å². The van der Waals surface area contributed by atoms with Crippen LogP contribution in [0.15, 0.2) is 18.3 Å². The molecular formula is C14H23FN2O. The van der Waals surface area contributed by atoms with Gasteiger partial charge in [-0.3, -0.25) is 4.98 Å². The number of nitrogens with zero attached hydrogens (tertiary/aromatic N) is 2. The quantitative estimate of drug-likeness (QED) is 0.807. The highest BCUT2D eigenvalue weighted by Gasteiger charge is 2.15. The van der Waals surface area contributed by atoms with Crippen LogP contribution in [-0.2, 0) is 5.41 Å². The van der Waals surface area contributed by atoms with Crippen molar-refractivity contribution in [2.75, 3.05) is 27.2 Å². The molecule has 3 nitrogen and oxygen atoms in total. The maximum absolute atomic E-state index is 13.4. The van der Waals surface area contributed by atoms with Crippen molar-refractivity contribution in [1.29, 1.82) is 0 Å². The molecule has 0 aliphatic rings. The highest BCUT2D eigenvalue weighted by molar-refractivity contribution is 5.23. The second-order valence-corrected chi connectivity index (χ2v) is 5.80. The molecule has 102 valence electrons. The van der Waals surface area contributed by atoms with Crippen LogP contribution in [0.3, 0.4) is 0 Å². The van der Waals surface area contributed by atoms with Crippen molar-refractivity contribution in [1.82, 2.24) is 9.88 Å². The van der Waals surface area contributed by atoms with E-state index < -0.39 is 6.17 Å². The lowest BCUT2D eigenvalue weighted by molar-refractivity contribution is 0.162. The van der Waals surface area contributed by atoms with Crippen LogP contribution in [0.4, 0.5) is 4.39 Å². The fourth-order valence-corrected chi connectivity index (χ4v) is 1.54. The van der Waals surface area contributed by atoms with Crippen LogP contribution in [0.1, 0.15) is 26.5 Å². The Morgan fingerprint density at radius 3 is 2.44 bits per heavy atom. The Labute approximate surface area is 109 Å². The van der Waals surface area contributed by atoms with E-state index in [1.165, 1.54) is 0 Å². The van der Waals surface area contributed by atoms with Crippen LogP contribution in [-0.4, -0.2) is 43.3 Å². The van der Waals surface area contributed by atoms with Gasteiger partial charge in [-0.2, -0.15) is 0 Å². The fourth-order valence-electron chi connectivity index (χ4n) is 1.54. The second-order valence-electron chi connectivity index (χ2n) is 5.80. The third kappa shape index (κ3) is 5.00. The van der Waals surface area contributed by atoms with Crippen molar-refractivity contribution < 1.29 is 9.13 Å². The summed E-state index contributed by atoms with van der Waals surface area (Å²) in [5.41, 5.74) is 1.02. The summed E-state index contributed by atoms with van der Waals surface area (Å²) < 4.78 is 18.8. The molecule has 0 aliphatic carbocycles. The summed E-state index contributed by atoms with van der Waals surface area (Å²) in [7, 11) is 3.68. The summed E-state index contributed by atoms with van der Waals surface area (Å²) in [5.74, 6) is 0.615. The highest BCUT2D eigenvalue weighted by Crippen LogP contribution is 2.21. The Kier molecular flexibility index (Phi) is 5.08. The van der Waals surface area contributed by atoms with Gasteiger partial charge in [0.25, 0.3) is 0 Å². The number of pyridine rings is 1. The Hall–Kier alpha value is -1.16. The van der Waals surface area contributed by atoms with Crippen LogP contribution in [0.25, 0.3) is 0 Å². The second kappa shape index (κ2) is 6.14. The molecular weight excluding hydrogens is 231 g/mol. The van der Waals surface area contributed by atoms with E-state index >= 15 is 0 Å². The Bertz CT molecular complexity index is 357. The van der Waals surface area contributed by atoms with Gasteiger partial charge in [0.1, 0.15) is 18.5 Å². The van der Waals surface area contributed by atoms with Gasteiger partial charge in [-0.1, -0.05) is 20.8 Å².